The van der Waals surface area contributed by atoms with Gasteiger partial charge in [-0.1, -0.05) is 30.3 Å². The van der Waals surface area contributed by atoms with Crippen LogP contribution in [0.4, 0.5) is 5.69 Å². The van der Waals surface area contributed by atoms with Crippen LogP contribution in [0.15, 0.2) is 58.4 Å². The summed E-state index contributed by atoms with van der Waals surface area (Å²) in [6.45, 7) is 0. The molecule has 0 fully saturated rings. The van der Waals surface area contributed by atoms with E-state index in [9.17, 15) is 4.79 Å². The number of para-hydroxylation sites is 3. The minimum absolute atomic E-state index is 0.221. The summed E-state index contributed by atoms with van der Waals surface area (Å²) in [5.74, 6) is -0.450. The summed E-state index contributed by atoms with van der Waals surface area (Å²) in [4.78, 5) is 19.6. The Morgan fingerprint density at radius 2 is 1.96 bits per heavy atom. The number of anilines is 1. The van der Waals surface area contributed by atoms with Crippen LogP contribution in [0.3, 0.4) is 0 Å². The standard InChI is InChI=1S/C17H13N7O/c18-9-14(16(19)20)24-23-11-6-2-1-5-10(11)15-17(25)22-13-8-4-3-7-12(13)21-15/h1-8,23H,(H3,19,20)(H,22,25)/b24-14+. The summed E-state index contributed by atoms with van der Waals surface area (Å²) >= 11 is 0. The average Bonchev–Trinajstić information content (AvgIpc) is 2.62. The Bertz CT molecular complexity index is 1090. The Balaban J connectivity index is 2.10. The van der Waals surface area contributed by atoms with E-state index in [1.54, 1.807) is 42.5 Å². The molecule has 1 heterocycles. The average molecular weight is 331 g/mol. The lowest BCUT2D eigenvalue weighted by Crippen LogP contribution is -2.22. The van der Waals surface area contributed by atoms with E-state index in [4.69, 9.17) is 16.4 Å². The third-order valence-corrected chi connectivity index (χ3v) is 3.43. The van der Waals surface area contributed by atoms with Gasteiger partial charge >= 0.3 is 0 Å². The van der Waals surface area contributed by atoms with Crippen LogP contribution < -0.4 is 16.7 Å². The number of amidine groups is 1. The number of hydrogen-bond donors (Lipinski definition) is 4. The van der Waals surface area contributed by atoms with Crippen molar-refractivity contribution in [2.24, 2.45) is 10.8 Å². The second kappa shape index (κ2) is 6.64. The fourth-order valence-corrected chi connectivity index (χ4v) is 2.26. The molecule has 3 rings (SSSR count). The second-order valence-corrected chi connectivity index (χ2v) is 5.07. The fraction of sp³-hybridized carbons (Fsp3) is 0. The van der Waals surface area contributed by atoms with Crippen LogP contribution in [0.1, 0.15) is 0 Å². The fourth-order valence-electron chi connectivity index (χ4n) is 2.26. The third kappa shape index (κ3) is 3.20. The molecule has 25 heavy (non-hydrogen) atoms. The van der Waals surface area contributed by atoms with Gasteiger partial charge in [0.15, 0.2) is 5.84 Å². The summed E-state index contributed by atoms with van der Waals surface area (Å²) in [5.41, 5.74) is 9.83. The molecule has 3 aromatic rings. The monoisotopic (exact) mass is 331 g/mol. The van der Waals surface area contributed by atoms with Gasteiger partial charge in [-0.15, -0.1) is 0 Å². The molecule has 2 aromatic carbocycles. The molecule has 0 bridgehead atoms. The maximum Gasteiger partial charge on any atom is 0.275 e. The van der Waals surface area contributed by atoms with Crippen LogP contribution in [0.25, 0.3) is 22.3 Å². The molecule has 5 N–H and O–H groups in total. The zero-order valence-corrected chi connectivity index (χ0v) is 12.9. The number of aromatic amines is 1. The van der Waals surface area contributed by atoms with E-state index in [2.05, 4.69) is 20.5 Å². The number of aromatic nitrogens is 2. The number of nitrogens with two attached hydrogens (primary N) is 1. The maximum absolute atomic E-state index is 12.4. The number of nitrogens with zero attached hydrogens (tertiary/aromatic N) is 3. The second-order valence-electron chi connectivity index (χ2n) is 5.07. The van der Waals surface area contributed by atoms with E-state index < -0.39 is 5.84 Å². The van der Waals surface area contributed by atoms with Crippen molar-refractivity contribution in [3.63, 3.8) is 0 Å². The molecule has 1 aromatic heterocycles. The van der Waals surface area contributed by atoms with Crippen molar-refractivity contribution < 1.29 is 0 Å². The Morgan fingerprint density at radius 3 is 2.72 bits per heavy atom. The highest BCUT2D eigenvalue weighted by Crippen LogP contribution is 2.24. The largest absolute Gasteiger partial charge is 0.382 e. The number of hydrazone groups is 1. The number of nitriles is 1. The van der Waals surface area contributed by atoms with Crippen LogP contribution in [-0.2, 0) is 0 Å². The van der Waals surface area contributed by atoms with Crippen molar-refractivity contribution in [3.8, 4) is 17.3 Å². The lowest BCUT2D eigenvalue weighted by atomic mass is 10.1. The van der Waals surface area contributed by atoms with Crippen molar-refractivity contribution >= 4 is 28.3 Å². The molecule has 0 aliphatic heterocycles. The smallest absolute Gasteiger partial charge is 0.275 e. The molecular formula is C17H13N7O. The van der Waals surface area contributed by atoms with Crippen molar-refractivity contribution in [3.05, 3.63) is 58.9 Å². The molecule has 0 atom stereocenters. The summed E-state index contributed by atoms with van der Waals surface area (Å²) in [5, 5.41) is 20.0. The first-order valence-corrected chi connectivity index (χ1v) is 7.27. The van der Waals surface area contributed by atoms with Crippen molar-refractivity contribution in [2.75, 3.05) is 5.43 Å². The molecule has 122 valence electrons. The Kier molecular flexibility index (Phi) is 4.22. The van der Waals surface area contributed by atoms with E-state index in [1.807, 2.05) is 12.1 Å². The van der Waals surface area contributed by atoms with Crippen LogP contribution >= 0.6 is 0 Å². The molecule has 8 nitrogen and oxygen atoms in total. The predicted octanol–water partition coefficient (Wildman–Crippen LogP) is 1.82. The zero-order chi connectivity index (χ0) is 17.8. The maximum atomic E-state index is 12.4. The summed E-state index contributed by atoms with van der Waals surface area (Å²) in [7, 11) is 0. The molecule has 8 heteroatoms. The highest BCUT2D eigenvalue weighted by atomic mass is 16.1. The highest BCUT2D eigenvalue weighted by molar-refractivity contribution is 6.45. The van der Waals surface area contributed by atoms with Crippen LogP contribution in [-0.4, -0.2) is 21.5 Å². The number of benzene rings is 2. The van der Waals surface area contributed by atoms with E-state index in [1.165, 1.54) is 0 Å². The van der Waals surface area contributed by atoms with Crippen LogP contribution in [0.5, 0.6) is 0 Å². The number of fused-ring (bicyclic) bond motifs is 1. The number of H-pyrrole nitrogens is 1. The molecule has 0 aliphatic rings. The van der Waals surface area contributed by atoms with Gasteiger partial charge in [-0.25, -0.2) is 4.98 Å². The first kappa shape index (κ1) is 15.9. The predicted molar refractivity (Wildman–Crippen MR) is 96.4 cm³/mol. The number of rotatable bonds is 4. The molecule has 0 saturated carbocycles. The van der Waals surface area contributed by atoms with E-state index in [-0.39, 0.29) is 17.0 Å². The minimum atomic E-state index is -0.450. The van der Waals surface area contributed by atoms with Gasteiger partial charge in [-0.3, -0.25) is 15.6 Å². The topological polar surface area (TPSA) is 144 Å². The van der Waals surface area contributed by atoms with E-state index >= 15 is 0 Å². The van der Waals surface area contributed by atoms with Gasteiger partial charge in [-0.05, 0) is 18.2 Å². The number of nitrogens with one attached hydrogen (secondary N) is 3. The molecule has 0 spiro atoms. The van der Waals surface area contributed by atoms with Crippen LogP contribution in [0, 0.1) is 16.7 Å². The third-order valence-electron chi connectivity index (χ3n) is 3.43. The van der Waals surface area contributed by atoms with E-state index in [0.29, 0.717) is 22.3 Å². The molecular weight excluding hydrogens is 318 g/mol. The van der Waals surface area contributed by atoms with Gasteiger partial charge < -0.3 is 10.7 Å². The van der Waals surface area contributed by atoms with Gasteiger partial charge in [0.1, 0.15) is 11.8 Å². The molecule has 0 aliphatic carbocycles. The van der Waals surface area contributed by atoms with Gasteiger partial charge in [0.05, 0.1) is 16.7 Å². The van der Waals surface area contributed by atoms with Gasteiger partial charge in [0.25, 0.3) is 5.56 Å². The normalized spacial score (nSPS) is 11.1. The quantitative estimate of drug-likeness (QED) is 0.327. The Morgan fingerprint density at radius 1 is 1.24 bits per heavy atom. The van der Waals surface area contributed by atoms with Crippen molar-refractivity contribution in [1.82, 2.24) is 9.97 Å². The lowest BCUT2D eigenvalue weighted by molar-refractivity contribution is 1.21. The molecule has 0 unspecified atom stereocenters. The van der Waals surface area contributed by atoms with Gasteiger partial charge in [-0.2, -0.15) is 10.4 Å². The number of hydrogen-bond acceptors (Lipinski definition) is 6. The Labute approximate surface area is 142 Å². The van der Waals surface area contributed by atoms with Crippen molar-refractivity contribution in [1.29, 1.82) is 10.7 Å². The Hall–Kier alpha value is -3.99. The first-order chi connectivity index (χ1) is 12.1. The lowest BCUT2D eigenvalue weighted by Gasteiger charge is -2.08. The zero-order valence-electron chi connectivity index (χ0n) is 12.9. The highest BCUT2D eigenvalue weighted by Gasteiger charge is 2.12. The van der Waals surface area contributed by atoms with Gasteiger partial charge in [0.2, 0.25) is 5.71 Å². The summed E-state index contributed by atoms with van der Waals surface area (Å²) in [6, 6.07) is 15.8. The summed E-state index contributed by atoms with van der Waals surface area (Å²) < 4.78 is 0. The molecule has 0 saturated heterocycles. The van der Waals surface area contributed by atoms with E-state index in [0.717, 1.165) is 0 Å². The van der Waals surface area contributed by atoms with Crippen LogP contribution in [0.2, 0.25) is 0 Å². The SMILES string of the molecule is N#C/C(=N\Nc1ccccc1-c1nc2ccccc2[nH]c1=O)C(=N)N. The summed E-state index contributed by atoms with van der Waals surface area (Å²) in [6.07, 6.45) is 0. The molecule has 0 radical (unpaired) electrons. The molecule has 0 amide bonds. The first-order valence-electron chi connectivity index (χ1n) is 7.27. The minimum Gasteiger partial charge on any atom is -0.382 e. The van der Waals surface area contributed by atoms with Crippen molar-refractivity contribution in [2.45, 2.75) is 0 Å². The van der Waals surface area contributed by atoms with Gasteiger partial charge in [0, 0.05) is 5.56 Å².